The number of pyridine rings is 1. The maximum absolute atomic E-state index is 12.7. The Morgan fingerprint density at radius 1 is 1.23 bits per heavy atom. The van der Waals surface area contributed by atoms with Gasteiger partial charge in [0.1, 0.15) is 0 Å². The SMILES string of the molecule is CC1CCCN(C(=O)c2cncc(C(=O)Nc3cccc(Cl)c3Cl)c2)C1. The van der Waals surface area contributed by atoms with Crippen molar-refractivity contribution >= 4 is 40.7 Å². The van der Waals surface area contributed by atoms with E-state index in [1.165, 1.54) is 12.4 Å². The van der Waals surface area contributed by atoms with Gasteiger partial charge in [-0.3, -0.25) is 14.6 Å². The van der Waals surface area contributed by atoms with Crippen molar-refractivity contribution in [2.75, 3.05) is 18.4 Å². The van der Waals surface area contributed by atoms with Crippen LogP contribution < -0.4 is 5.32 Å². The number of likely N-dealkylation sites (tertiary alicyclic amines) is 1. The summed E-state index contributed by atoms with van der Waals surface area (Å²) in [5.74, 6) is -0.0140. The molecule has 0 radical (unpaired) electrons. The first-order valence-electron chi connectivity index (χ1n) is 8.45. The van der Waals surface area contributed by atoms with E-state index in [0.29, 0.717) is 22.2 Å². The molecule has 26 heavy (non-hydrogen) atoms. The summed E-state index contributed by atoms with van der Waals surface area (Å²) in [5, 5.41) is 3.32. The molecule has 1 N–H and O–H groups in total. The number of hydrogen-bond donors (Lipinski definition) is 1. The monoisotopic (exact) mass is 391 g/mol. The van der Waals surface area contributed by atoms with Crippen molar-refractivity contribution in [1.29, 1.82) is 0 Å². The zero-order chi connectivity index (χ0) is 18.7. The molecular formula is C19H19Cl2N3O2. The van der Waals surface area contributed by atoms with E-state index in [1.807, 2.05) is 4.90 Å². The van der Waals surface area contributed by atoms with Gasteiger partial charge in [0, 0.05) is 25.5 Å². The maximum atomic E-state index is 12.7. The average Bonchev–Trinajstić information content (AvgIpc) is 2.65. The lowest BCUT2D eigenvalue weighted by Crippen LogP contribution is -2.39. The van der Waals surface area contributed by atoms with Crippen LogP contribution in [0.3, 0.4) is 0 Å². The summed E-state index contributed by atoms with van der Waals surface area (Å²) < 4.78 is 0. The van der Waals surface area contributed by atoms with E-state index in [1.54, 1.807) is 24.3 Å². The molecule has 3 rings (SSSR count). The van der Waals surface area contributed by atoms with Gasteiger partial charge in [-0.25, -0.2) is 0 Å². The van der Waals surface area contributed by atoms with Crippen LogP contribution in [-0.4, -0.2) is 34.8 Å². The third kappa shape index (κ3) is 4.17. The highest BCUT2D eigenvalue weighted by Crippen LogP contribution is 2.29. The Morgan fingerprint density at radius 2 is 2.00 bits per heavy atom. The fourth-order valence-electron chi connectivity index (χ4n) is 3.03. The minimum absolute atomic E-state index is 0.0977. The van der Waals surface area contributed by atoms with E-state index in [4.69, 9.17) is 23.2 Å². The number of halogens is 2. The summed E-state index contributed by atoms with van der Waals surface area (Å²) in [4.78, 5) is 31.1. The topological polar surface area (TPSA) is 62.3 Å². The highest BCUT2D eigenvalue weighted by Gasteiger charge is 2.23. The van der Waals surface area contributed by atoms with Crippen LogP contribution >= 0.6 is 23.2 Å². The van der Waals surface area contributed by atoms with E-state index in [0.717, 1.165) is 25.9 Å². The number of carbonyl (C=O) groups excluding carboxylic acids is 2. The standard InChI is InChI=1S/C19H19Cl2N3O2/c1-12-4-3-7-24(11-12)19(26)14-8-13(9-22-10-14)18(25)23-16-6-2-5-15(20)17(16)21/h2,5-6,8-10,12H,3-4,7,11H2,1H3,(H,23,25). The smallest absolute Gasteiger partial charge is 0.257 e. The Hall–Kier alpha value is -2.11. The van der Waals surface area contributed by atoms with Gasteiger partial charge in [0.15, 0.2) is 0 Å². The second kappa shape index (κ2) is 8.06. The molecule has 1 aromatic heterocycles. The van der Waals surface area contributed by atoms with Crippen LogP contribution in [0, 0.1) is 5.92 Å². The van der Waals surface area contributed by atoms with Gasteiger partial charge in [-0.15, -0.1) is 0 Å². The molecule has 0 aliphatic carbocycles. The van der Waals surface area contributed by atoms with Crippen LogP contribution in [0.4, 0.5) is 5.69 Å². The Bertz CT molecular complexity index is 841. The molecule has 5 nitrogen and oxygen atoms in total. The van der Waals surface area contributed by atoms with Crippen LogP contribution in [0.5, 0.6) is 0 Å². The van der Waals surface area contributed by atoms with Crippen LogP contribution in [0.1, 0.15) is 40.5 Å². The minimum Gasteiger partial charge on any atom is -0.338 e. The van der Waals surface area contributed by atoms with E-state index < -0.39 is 5.91 Å². The van der Waals surface area contributed by atoms with E-state index in [2.05, 4.69) is 17.2 Å². The van der Waals surface area contributed by atoms with Gasteiger partial charge >= 0.3 is 0 Å². The molecule has 0 saturated carbocycles. The summed E-state index contributed by atoms with van der Waals surface area (Å²) in [6, 6.07) is 6.55. The highest BCUT2D eigenvalue weighted by atomic mass is 35.5. The van der Waals surface area contributed by atoms with Crippen molar-refractivity contribution in [2.45, 2.75) is 19.8 Å². The van der Waals surface area contributed by atoms with Crippen molar-refractivity contribution < 1.29 is 9.59 Å². The summed E-state index contributed by atoms with van der Waals surface area (Å²) in [5.41, 5.74) is 1.10. The van der Waals surface area contributed by atoms with Gasteiger partial charge in [-0.05, 0) is 37.0 Å². The van der Waals surface area contributed by atoms with Gasteiger partial charge in [0.25, 0.3) is 11.8 Å². The van der Waals surface area contributed by atoms with Crippen LogP contribution in [0.15, 0.2) is 36.7 Å². The van der Waals surface area contributed by atoms with Gasteiger partial charge in [0.2, 0.25) is 0 Å². The number of nitrogens with one attached hydrogen (secondary N) is 1. The predicted octanol–water partition coefficient (Wildman–Crippen LogP) is 4.51. The molecule has 1 atom stereocenters. The van der Waals surface area contributed by atoms with Crippen molar-refractivity contribution in [1.82, 2.24) is 9.88 Å². The molecule has 1 fully saturated rings. The molecule has 2 amide bonds. The number of rotatable bonds is 3. The van der Waals surface area contributed by atoms with Crippen LogP contribution in [0.2, 0.25) is 10.0 Å². The molecule has 1 aliphatic rings. The summed E-state index contributed by atoms with van der Waals surface area (Å²) in [6.07, 6.45) is 5.03. The molecule has 2 aromatic rings. The van der Waals surface area contributed by atoms with Crippen molar-refractivity contribution in [3.05, 3.63) is 57.8 Å². The lowest BCUT2D eigenvalue weighted by molar-refractivity contribution is 0.0682. The van der Waals surface area contributed by atoms with E-state index >= 15 is 0 Å². The predicted molar refractivity (Wildman–Crippen MR) is 103 cm³/mol. The van der Waals surface area contributed by atoms with Crippen molar-refractivity contribution in [2.24, 2.45) is 5.92 Å². The molecule has 1 saturated heterocycles. The van der Waals surface area contributed by atoms with Crippen LogP contribution in [0.25, 0.3) is 0 Å². The number of aromatic nitrogens is 1. The normalized spacial score (nSPS) is 17.0. The molecule has 1 aliphatic heterocycles. The van der Waals surface area contributed by atoms with Gasteiger partial charge in [-0.2, -0.15) is 0 Å². The molecule has 136 valence electrons. The van der Waals surface area contributed by atoms with Gasteiger partial charge in [-0.1, -0.05) is 36.2 Å². The quantitative estimate of drug-likeness (QED) is 0.836. The molecule has 0 bridgehead atoms. The second-order valence-electron chi connectivity index (χ2n) is 6.52. The Labute approximate surface area is 162 Å². The number of amides is 2. The zero-order valence-electron chi connectivity index (χ0n) is 14.3. The number of hydrogen-bond acceptors (Lipinski definition) is 3. The number of nitrogens with zero attached hydrogens (tertiary/aromatic N) is 2. The Kier molecular flexibility index (Phi) is 5.79. The van der Waals surface area contributed by atoms with Gasteiger partial charge < -0.3 is 10.2 Å². The van der Waals surface area contributed by atoms with Crippen molar-refractivity contribution in [3.63, 3.8) is 0 Å². The van der Waals surface area contributed by atoms with Crippen LogP contribution in [-0.2, 0) is 0 Å². The maximum Gasteiger partial charge on any atom is 0.257 e. The summed E-state index contributed by atoms with van der Waals surface area (Å²) >= 11 is 12.1. The minimum atomic E-state index is -0.400. The fraction of sp³-hybridized carbons (Fsp3) is 0.316. The zero-order valence-corrected chi connectivity index (χ0v) is 15.8. The first-order chi connectivity index (χ1) is 12.5. The third-order valence-corrected chi connectivity index (χ3v) is 5.21. The first-order valence-corrected chi connectivity index (χ1v) is 9.21. The average molecular weight is 392 g/mol. The van der Waals surface area contributed by atoms with Crippen molar-refractivity contribution in [3.8, 4) is 0 Å². The van der Waals surface area contributed by atoms with Gasteiger partial charge in [0.05, 0.1) is 26.9 Å². The highest BCUT2D eigenvalue weighted by molar-refractivity contribution is 6.44. The molecule has 2 heterocycles. The lowest BCUT2D eigenvalue weighted by Gasteiger charge is -2.30. The first kappa shape index (κ1) is 18.7. The summed E-state index contributed by atoms with van der Waals surface area (Å²) in [6.45, 7) is 3.60. The Morgan fingerprint density at radius 3 is 2.77 bits per heavy atom. The number of carbonyl (C=O) groups is 2. The molecule has 7 heteroatoms. The number of benzene rings is 1. The molecule has 1 unspecified atom stereocenters. The largest absolute Gasteiger partial charge is 0.338 e. The third-order valence-electron chi connectivity index (χ3n) is 4.39. The summed E-state index contributed by atoms with van der Waals surface area (Å²) in [7, 11) is 0. The molecule has 1 aromatic carbocycles. The van der Waals surface area contributed by atoms with E-state index in [9.17, 15) is 9.59 Å². The fourth-order valence-corrected chi connectivity index (χ4v) is 3.38. The number of piperidine rings is 1. The lowest BCUT2D eigenvalue weighted by atomic mass is 9.99. The number of anilines is 1. The van der Waals surface area contributed by atoms with E-state index in [-0.39, 0.29) is 16.5 Å². The molecule has 0 spiro atoms. The Balaban J connectivity index is 1.77. The molecular weight excluding hydrogens is 373 g/mol. The second-order valence-corrected chi connectivity index (χ2v) is 7.30.